The number of hydrogen-bond acceptors (Lipinski definition) is 7. The SMILES string of the molecule is C=COCCOc1ccc(S(=O)(=O)OS(c2ccccc2)(c2ccc(O)cc2)c2ccc(O)cc2)cc1. The van der Waals surface area contributed by atoms with Crippen LogP contribution in [0, 0.1) is 0 Å². The van der Waals surface area contributed by atoms with E-state index in [1.54, 1.807) is 60.7 Å². The molecule has 0 saturated carbocycles. The quantitative estimate of drug-likeness (QED) is 0.172. The third-order valence-corrected chi connectivity index (χ3v) is 10.5. The molecule has 0 aliphatic heterocycles. The van der Waals surface area contributed by atoms with Crippen molar-refractivity contribution in [2.75, 3.05) is 13.2 Å². The number of phenolic OH excluding ortho intramolecular Hbond substituents is 2. The number of phenols is 2. The lowest BCUT2D eigenvalue weighted by molar-refractivity contribution is 0.179. The van der Waals surface area contributed by atoms with Crippen molar-refractivity contribution >= 4 is 20.4 Å². The first-order valence-electron chi connectivity index (χ1n) is 11.2. The molecule has 0 bridgehead atoms. The van der Waals surface area contributed by atoms with E-state index in [4.69, 9.17) is 13.1 Å². The van der Waals surface area contributed by atoms with Crippen LogP contribution in [0.5, 0.6) is 17.2 Å². The molecular formula is C28H26O7S2. The van der Waals surface area contributed by atoms with E-state index in [1.807, 2.05) is 6.07 Å². The second-order valence-electron chi connectivity index (χ2n) is 7.74. The molecule has 9 heteroatoms. The monoisotopic (exact) mass is 538 g/mol. The molecule has 4 rings (SSSR count). The molecule has 0 spiro atoms. The Morgan fingerprint density at radius 2 is 1.14 bits per heavy atom. The minimum Gasteiger partial charge on any atom is -0.508 e. The zero-order chi connectivity index (χ0) is 26.3. The Morgan fingerprint density at radius 3 is 1.65 bits per heavy atom. The average Bonchev–Trinajstić information content (AvgIpc) is 2.91. The molecular weight excluding hydrogens is 512 g/mol. The first-order chi connectivity index (χ1) is 17.8. The van der Waals surface area contributed by atoms with Crippen molar-refractivity contribution in [3.05, 3.63) is 116 Å². The van der Waals surface area contributed by atoms with Gasteiger partial charge in [0.15, 0.2) is 0 Å². The maximum absolute atomic E-state index is 13.7. The van der Waals surface area contributed by atoms with Gasteiger partial charge in [0.2, 0.25) is 0 Å². The van der Waals surface area contributed by atoms with Gasteiger partial charge in [0.25, 0.3) is 0 Å². The molecule has 0 unspecified atom stereocenters. The lowest BCUT2D eigenvalue weighted by Gasteiger charge is -2.39. The highest BCUT2D eigenvalue weighted by molar-refractivity contribution is 8.33. The molecule has 0 saturated heterocycles. The van der Waals surface area contributed by atoms with Gasteiger partial charge in [0, 0.05) is 14.7 Å². The summed E-state index contributed by atoms with van der Waals surface area (Å²) in [5.41, 5.74) is 0. The fourth-order valence-electron chi connectivity index (χ4n) is 3.58. The summed E-state index contributed by atoms with van der Waals surface area (Å²) in [6.07, 6.45) is 1.32. The number of benzene rings is 4. The molecule has 0 fully saturated rings. The Bertz CT molecular complexity index is 1370. The number of ether oxygens (including phenoxy) is 2. The van der Waals surface area contributed by atoms with Crippen LogP contribution < -0.4 is 4.74 Å². The van der Waals surface area contributed by atoms with Gasteiger partial charge in [-0.15, -0.1) is 0 Å². The van der Waals surface area contributed by atoms with Crippen LogP contribution in [0.3, 0.4) is 0 Å². The maximum Gasteiger partial charge on any atom is 0.307 e. The highest BCUT2D eigenvalue weighted by atomic mass is 32.3. The van der Waals surface area contributed by atoms with Crippen LogP contribution in [0.15, 0.2) is 136 Å². The second kappa shape index (κ2) is 11.4. The Hall–Kier alpha value is -3.92. The van der Waals surface area contributed by atoms with Gasteiger partial charge in [0.05, 0.1) is 11.2 Å². The van der Waals surface area contributed by atoms with E-state index in [1.165, 1.54) is 42.7 Å². The van der Waals surface area contributed by atoms with Gasteiger partial charge < -0.3 is 19.7 Å². The van der Waals surface area contributed by atoms with E-state index in [0.717, 1.165) is 0 Å². The van der Waals surface area contributed by atoms with Crippen LogP contribution in [-0.2, 0) is 18.5 Å². The lowest BCUT2D eigenvalue weighted by atomic mass is 10.3. The lowest BCUT2D eigenvalue weighted by Crippen LogP contribution is -2.14. The Morgan fingerprint density at radius 1 is 0.649 bits per heavy atom. The number of hydrogen-bond donors (Lipinski definition) is 2. The minimum atomic E-state index is -4.31. The van der Waals surface area contributed by atoms with Crippen molar-refractivity contribution in [2.24, 2.45) is 0 Å². The molecule has 4 aromatic rings. The third kappa shape index (κ3) is 5.91. The summed E-state index contributed by atoms with van der Waals surface area (Å²) >= 11 is 0. The Balaban J connectivity index is 1.80. The zero-order valence-corrected chi connectivity index (χ0v) is 21.4. The van der Waals surface area contributed by atoms with E-state index in [9.17, 15) is 18.6 Å². The van der Waals surface area contributed by atoms with Gasteiger partial charge in [-0.25, -0.2) is 3.63 Å². The first kappa shape index (κ1) is 26.2. The van der Waals surface area contributed by atoms with Gasteiger partial charge >= 0.3 is 10.1 Å². The number of aromatic hydroxyl groups is 2. The minimum absolute atomic E-state index is 0.0350. The zero-order valence-electron chi connectivity index (χ0n) is 19.8. The average molecular weight is 539 g/mol. The van der Waals surface area contributed by atoms with Crippen LogP contribution in [0.1, 0.15) is 0 Å². The highest BCUT2D eigenvalue weighted by Gasteiger charge is 2.38. The summed E-state index contributed by atoms with van der Waals surface area (Å²) in [7, 11) is -7.18. The van der Waals surface area contributed by atoms with Crippen LogP contribution >= 0.6 is 10.3 Å². The van der Waals surface area contributed by atoms with Crippen LogP contribution in [0.25, 0.3) is 0 Å². The van der Waals surface area contributed by atoms with Gasteiger partial charge in [-0.05, 0) is 95.2 Å². The van der Waals surface area contributed by atoms with Crippen LogP contribution in [0.2, 0.25) is 0 Å². The molecule has 192 valence electrons. The summed E-state index contributed by atoms with van der Waals surface area (Å²) in [6, 6.07) is 27.5. The van der Waals surface area contributed by atoms with Gasteiger partial charge in [-0.1, -0.05) is 24.8 Å². The van der Waals surface area contributed by atoms with Crippen molar-refractivity contribution < 1.29 is 31.7 Å². The molecule has 4 aromatic carbocycles. The summed E-state index contributed by atoms with van der Waals surface area (Å²) < 4.78 is 44.3. The summed E-state index contributed by atoms with van der Waals surface area (Å²) in [6.45, 7) is 4.06. The third-order valence-electron chi connectivity index (χ3n) is 5.30. The molecule has 0 aliphatic carbocycles. The standard InChI is InChI=1S/C28H26O7S2/c1-2-33-20-21-34-24-12-18-28(19-13-24)37(31,32)35-36(25-6-4-3-5-7-25,26-14-8-22(29)9-15-26)27-16-10-23(30)11-17-27/h2-19,29-30H,1,20-21H2. The normalized spacial score (nSPS) is 12.0. The molecule has 0 atom stereocenters. The Labute approximate surface area is 217 Å². The summed E-state index contributed by atoms with van der Waals surface area (Å²) in [5.74, 6) is 0.547. The largest absolute Gasteiger partial charge is 0.508 e. The van der Waals surface area contributed by atoms with E-state index < -0.39 is 20.4 Å². The predicted octanol–water partition coefficient (Wildman–Crippen LogP) is 6.24. The van der Waals surface area contributed by atoms with Gasteiger partial charge in [-0.3, -0.25) is 0 Å². The molecule has 7 nitrogen and oxygen atoms in total. The topological polar surface area (TPSA) is 102 Å². The first-order valence-corrected chi connectivity index (χ1v) is 14.2. The van der Waals surface area contributed by atoms with Gasteiger partial charge in [0.1, 0.15) is 30.5 Å². The smallest absolute Gasteiger partial charge is 0.307 e. The van der Waals surface area contributed by atoms with Crippen LogP contribution in [0.4, 0.5) is 0 Å². The van der Waals surface area contributed by atoms with Crippen LogP contribution in [-0.4, -0.2) is 31.8 Å². The summed E-state index contributed by atoms with van der Waals surface area (Å²) in [4.78, 5) is 1.67. The van der Waals surface area contributed by atoms with Crippen molar-refractivity contribution in [1.82, 2.24) is 0 Å². The van der Waals surface area contributed by atoms with Crippen molar-refractivity contribution in [3.63, 3.8) is 0 Å². The maximum atomic E-state index is 13.7. The van der Waals surface area contributed by atoms with E-state index >= 15 is 0 Å². The van der Waals surface area contributed by atoms with E-state index in [2.05, 4.69) is 6.58 Å². The molecule has 0 radical (unpaired) electrons. The van der Waals surface area contributed by atoms with Crippen molar-refractivity contribution in [1.29, 1.82) is 0 Å². The predicted molar refractivity (Wildman–Crippen MR) is 141 cm³/mol. The fraction of sp³-hybridized carbons (Fsp3) is 0.0714. The molecule has 0 amide bonds. The highest BCUT2D eigenvalue weighted by Crippen LogP contribution is 2.70. The summed E-state index contributed by atoms with van der Waals surface area (Å²) in [5, 5.41) is 19.8. The molecule has 0 aliphatic rings. The molecule has 37 heavy (non-hydrogen) atoms. The van der Waals surface area contributed by atoms with Crippen molar-refractivity contribution in [3.8, 4) is 17.2 Å². The molecule has 2 N–H and O–H groups in total. The second-order valence-corrected chi connectivity index (χ2v) is 12.2. The number of rotatable bonds is 11. The van der Waals surface area contributed by atoms with E-state index in [-0.39, 0.29) is 23.0 Å². The molecule has 0 aromatic heterocycles. The fourth-order valence-corrected chi connectivity index (χ4v) is 8.78. The molecule has 0 heterocycles. The van der Waals surface area contributed by atoms with Crippen molar-refractivity contribution in [2.45, 2.75) is 19.6 Å². The Kier molecular flexibility index (Phi) is 8.08. The van der Waals surface area contributed by atoms with E-state index in [0.29, 0.717) is 27.0 Å². The van der Waals surface area contributed by atoms with Gasteiger partial charge in [-0.2, -0.15) is 8.42 Å².